The van der Waals surface area contributed by atoms with Crippen LogP contribution in [0.15, 0.2) is 42.5 Å². The quantitative estimate of drug-likeness (QED) is 0.877. The largest absolute Gasteiger partial charge is 0.489 e. The van der Waals surface area contributed by atoms with Crippen LogP contribution in [0, 0.1) is 0 Å². The van der Waals surface area contributed by atoms with Crippen molar-refractivity contribution in [2.75, 3.05) is 0 Å². The van der Waals surface area contributed by atoms with E-state index in [0.717, 1.165) is 16.5 Å². The van der Waals surface area contributed by atoms with Gasteiger partial charge in [0.15, 0.2) is 0 Å². The summed E-state index contributed by atoms with van der Waals surface area (Å²) in [5.74, 6) is -0.116. The van der Waals surface area contributed by atoms with Crippen LogP contribution in [0.1, 0.15) is 13.3 Å². The molecule has 0 aromatic heterocycles. The standard InChI is InChI=1S/C14H14O3/c1-10(9-14(15)16)17-13-8-4-6-11-5-2-3-7-12(11)13/h2-8,10H,9H2,1H3,(H,15,16)/t10-/m1/s1. The second-order valence-corrected chi connectivity index (χ2v) is 4.00. The van der Waals surface area contributed by atoms with Gasteiger partial charge in [-0.1, -0.05) is 36.4 Å². The van der Waals surface area contributed by atoms with Crippen LogP contribution in [0.4, 0.5) is 0 Å². The Kier molecular flexibility index (Phi) is 3.28. The molecule has 0 saturated heterocycles. The molecule has 88 valence electrons. The van der Waals surface area contributed by atoms with E-state index in [2.05, 4.69) is 0 Å². The fourth-order valence-corrected chi connectivity index (χ4v) is 1.80. The molecule has 1 atom stereocenters. The molecule has 0 aliphatic carbocycles. The molecule has 0 saturated carbocycles. The molecule has 2 aromatic rings. The molecule has 17 heavy (non-hydrogen) atoms. The zero-order valence-corrected chi connectivity index (χ0v) is 9.59. The Bertz CT molecular complexity index is 528. The van der Waals surface area contributed by atoms with Gasteiger partial charge in [0.1, 0.15) is 11.9 Å². The smallest absolute Gasteiger partial charge is 0.307 e. The summed E-state index contributed by atoms with van der Waals surface area (Å²) in [5.41, 5.74) is 0. The molecule has 0 fully saturated rings. The van der Waals surface area contributed by atoms with E-state index >= 15 is 0 Å². The van der Waals surface area contributed by atoms with Crippen LogP contribution < -0.4 is 4.74 Å². The third-order valence-electron chi connectivity index (χ3n) is 2.54. The van der Waals surface area contributed by atoms with Gasteiger partial charge in [-0.3, -0.25) is 4.79 Å². The van der Waals surface area contributed by atoms with Gasteiger partial charge in [-0.05, 0) is 18.4 Å². The van der Waals surface area contributed by atoms with E-state index in [1.165, 1.54) is 0 Å². The van der Waals surface area contributed by atoms with Crippen molar-refractivity contribution in [3.63, 3.8) is 0 Å². The SMILES string of the molecule is C[C@H](CC(=O)O)Oc1cccc2ccccc12. The van der Waals surface area contributed by atoms with Crippen LogP contribution >= 0.6 is 0 Å². The number of carbonyl (C=O) groups is 1. The predicted octanol–water partition coefficient (Wildman–Crippen LogP) is 3.08. The highest BCUT2D eigenvalue weighted by molar-refractivity contribution is 5.88. The highest BCUT2D eigenvalue weighted by atomic mass is 16.5. The first-order valence-corrected chi connectivity index (χ1v) is 5.53. The molecule has 3 nitrogen and oxygen atoms in total. The minimum absolute atomic E-state index is 0.00320. The van der Waals surface area contributed by atoms with Gasteiger partial charge in [0.25, 0.3) is 0 Å². The Balaban J connectivity index is 2.26. The molecule has 0 heterocycles. The van der Waals surface area contributed by atoms with Crippen molar-refractivity contribution in [2.45, 2.75) is 19.4 Å². The number of benzene rings is 2. The normalized spacial score (nSPS) is 12.3. The number of rotatable bonds is 4. The fourth-order valence-electron chi connectivity index (χ4n) is 1.80. The van der Waals surface area contributed by atoms with Crippen LogP contribution in [0.3, 0.4) is 0 Å². The highest BCUT2D eigenvalue weighted by Gasteiger charge is 2.10. The summed E-state index contributed by atoms with van der Waals surface area (Å²) in [4.78, 5) is 10.6. The van der Waals surface area contributed by atoms with Gasteiger partial charge in [-0.2, -0.15) is 0 Å². The van der Waals surface area contributed by atoms with Gasteiger partial charge < -0.3 is 9.84 Å². The van der Waals surface area contributed by atoms with Crippen LogP contribution in [-0.2, 0) is 4.79 Å². The predicted molar refractivity (Wildman–Crippen MR) is 66.3 cm³/mol. The van der Waals surface area contributed by atoms with Gasteiger partial charge in [0, 0.05) is 5.39 Å². The Labute approximate surface area is 99.6 Å². The lowest BCUT2D eigenvalue weighted by Gasteiger charge is -2.14. The Morgan fingerprint density at radius 3 is 2.71 bits per heavy atom. The highest BCUT2D eigenvalue weighted by Crippen LogP contribution is 2.26. The first-order valence-electron chi connectivity index (χ1n) is 5.53. The number of hydrogen-bond acceptors (Lipinski definition) is 2. The van der Waals surface area contributed by atoms with Crippen molar-refractivity contribution in [2.24, 2.45) is 0 Å². The van der Waals surface area contributed by atoms with E-state index in [4.69, 9.17) is 9.84 Å². The van der Waals surface area contributed by atoms with Crippen molar-refractivity contribution in [3.8, 4) is 5.75 Å². The summed E-state index contributed by atoms with van der Waals surface area (Å²) in [6, 6.07) is 13.7. The lowest BCUT2D eigenvalue weighted by atomic mass is 10.1. The molecule has 2 rings (SSSR count). The van der Waals surface area contributed by atoms with E-state index in [1.54, 1.807) is 6.92 Å². The van der Waals surface area contributed by atoms with Gasteiger partial charge in [-0.25, -0.2) is 0 Å². The maximum Gasteiger partial charge on any atom is 0.307 e. The fraction of sp³-hybridized carbons (Fsp3) is 0.214. The molecule has 0 bridgehead atoms. The monoisotopic (exact) mass is 230 g/mol. The maximum atomic E-state index is 10.6. The van der Waals surface area contributed by atoms with Gasteiger partial charge in [0.2, 0.25) is 0 Å². The lowest BCUT2D eigenvalue weighted by Crippen LogP contribution is -2.16. The third kappa shape index (κ3) is 2.75. The molecule has 0 radical (unpaired) electrons. The molecular formula is C14H14O3. The molecule has 0 aliphatic heterocycles. The molecule has 0 aliphatic rings. The van der Waals surface area contributed by atoms with Crippen molar-refractivity contribution in [1.29, 1.82) is 0 Å². The van der Waals surface area contributed by atoms with Crippen LogP contribution in [0.2, 0.25) is 0 Å². The maximum absolute atomic E-state index is 10.6. The third-order valence-corrected chi connectivity index (χ3v) is 2.54. The van der Waals surface area contributed by atoms with Crippen LogP contribution in [0.25, 0.3) is 10.8 Å². The molecule has 3 heteroatoms. The van der Waals surface area contributed by atoms with E-state index in [-0.39, 0.29) is 12.5 Å². The second-order valence-electron chi connectivity index (χ2n) is 4.00. The zero-order chi connectivity index (χ0) is 12.3. The Morgan fingerprint density at radius 2 is 1.94 bits per heavy atom. The van der Waals surface area contributed by atoms with E-state index in [1.807, 2.05) is 42.5 Å². The lowest BCUT2D eigenvalue weighted by molar-refractivity contribution is -0.138. The topological polar surface area (TPSA) is 46.5 Å². The van der Waals surface area contributed by atoms with Crippen molar-refractivity contribution >= 4 is 16.7 Å². The van der Waals surface area contributed by atoms with E-state index < -0.39 is 5.97 Å². The number of ether oxygens (including phenoxy) is 1. The van der Waals surface area contributed by atoms with E-state index in [9.17, 15) is 4.79 Å². The first kappa shape index (κ1) is 11.5. The summed E-state index contributed by atoms with van der Waals surface area (Å²) >= 11 is 0. The van der Waals surface area contributed by atoms with Gasteiger partial charge in [0.05, 0.1) is 6.42 Å². The number of fused-ring (bicyclic) bond motifs is 1. The molecule has 0 unspecified atom stereocenters. The Hall–Kier alpha value is -2.03. The second kappa shape index (κ2) is 4.87. The minimum Gasteiger partial charge on any atom is -0.489 e. The summed E-state index contributed by atoms with van der Waals surface area (Å²) < 4.78 is 5.66. The first-order chi connectivity index (χ1) is 8.16. The summed E-state index contributed by atoms with van der Waals surface area (Å²) in [7, 11) is 0. The van der Waals surface area contributed by atoms with Crippen LogP contribution in [0.5, 0.6) is 5.75 Å². The van der Waals surface area contributed by atoms with Crippen molar-refractivity contribution in [1.82, 2.24) is 0 Å². The summed E-state index contributed by atoms with van der Waals surface area (Å²) in [6.07, 6.45) is -0.332. The Morgan fingerprint density at radius 1 is 1.24 bits per heavy atom. The molecule has 0 spiro atoms. The number of carboxylic acid groups (broad SMARTS) is 1. The molecular weight excluding hydrogens is 216 g/mol. The molecule has 0 amide bonds. The van der Waals surface area contributed by atoms with Crippen molar-refractivity contribution in [3.05, 3.63) is 42.5 Å². The van der Waals surface area contributed by atoms with Gasteiger partial charge >= 0.3 is 5.97 Å². The zero-order valence-electron chi connectivity index (χ0n) is 9.59. The number of aliphatic carboxylic acids is 1. The number of hydrogen-bond donors (Lipinski definition) is 1. The van der Waals surface area contributed by atoms with Crippen molar-refractivity contribution < 1.29 is 14.6 Å². The minimum atomic E-state index is -0.849. The summed E-state index contributed by atoms with van der Waals surface area (Å²) in [6.45, 7) is 1.76. The van der Waals surface area contributed by atoms with E-state index in [0.29, 0.717) is 0 Å². The molecule has 2 aromatic carbocycles. The summed E-state index contributed by atoms with van der Waals surface area (Å²) in [5, 5.41) is 10.8. The number of carboxylic acids is 1. The van der Waals surface area contributed by atoms with Crippen LogP contribution in [-0.4, -0.2) is 17.2 Å². The van der Waals surface area contributed by atoms with Gasteiger partial charge in [-0.15, -0.1) is 0 Å². The molecule has 1 N–H and O–H groups in total. The average Bonchev–Trinajstić information content (AvgIpc) is 2.28. The average molecular weight is 230 g/mol.